The van der Waals surface area contributed by atoms with Crippen molar-refractivity contribution in [2.75, 3.05) is 7.11 Å². The number of carbonyl (C=O) groups excluding carboxylic acids is 2. The largest absolute Gasteiger partial charge is 0.504 e. The van der Waals surface area contributed by atoms with Crippen molar-refractivity contribution in [2.45, 2.75) is 26.9 Å². The van der Waals surface area contributed by atoms with Crippen LogP contribution >= 0.6 is 0 Å². The molecule has 2 aliphatic rings. The number of ether oxygens (including phenoxy) is 2. The smallest absolute Gasteiger partial charge is 0.228 e. The average molecular weight is 288 g/mol. The average Bonchev–Trinajstić information content (AvgIpc) is 2.67. The zero-order chi connectivity index (χ0) is 15.5. The van der Waals surface area contributed by atoms with E-state index in [4.69, 9.17) is 9.47 Å². The lowest BCUT2D eigenvalue weighted by atomic mass is 9.74. The Balaban J connectivity index is 2.24. The molecule has 0 saturated heterocycles. The summed E-state index contributed by atoms with van der Waals surface area (Å²) in [5.41, 5.74) is 0.244. The molecule has 0 fully saturated rings. The summed E-state index contributed by atoms with van der Waals surface area (Å²) >= 11 is 0. The number of carbonyl (C=O) groups is 2. The Morgan fingerprint density at radius 2 is 1.81 bits per heavy atom. The first-order chi connectivity index (χ1) is 9.78. The predicted octanol–water partition coefficient (Wildman–Crippen LogP) is 2.48. The molecule has 0 amide bonds. The Bertz CT molecular complexity index is 712. The fourth-order valence-electron chi connectivity index (χ4n) is 2.81. The third-order valence-corrected chi connectivity index (χ3v) is 4.42. The van der Waals surface area contributed by atoms with Crippen LogP contribution in [0.3, 0.4) is 0 Å². The zero-order valence-electron chi connectivity index (χ0n) is 12.3. The maximum Gasteiger partial charge on any atom is 0.228 e. The maximum atomic E-state index is 12.7. The monoisotopic (exact) mass is 288 g/mol. The van der Waals surface area contributed by atoms with E-state index < -0.39 is 5.41 Å². The van der Waals surface area contributed by atoms with Gasteiger partial charge in [-0.25, -0.2) is 0 Å². The van der Waals surface area contributed by atoms with Crippen LogP contribution in [0.2, 0.25) is 0 Å². The number of phenolic OH excluding ortho intramolecular Hbond substituents is 1. The summed E-state index contributed by atoms with van der Waals surface area (Å²) in [5, 5.41) is 9.86. The van der Waals surface area contributed by atoms with Crippen LogP contribution in [0.4, 0.5) is 0 Å². The molecule has 1 aliphatic heterocycles. The topological polar surface area (TPSA) is 72.8 Å². The van der Waals surface area contributed by atoms with E-state index in [1.807, 2.05) is 20.8 Å². The Kier molecular flexibility index (Phi) is 2.67. The highest BCUT2D eigenvalue weighted by Crippen LogP contribution is 2.48. The highest BCUT2D eigenvalue weighted by atomic mass is 16.5. The Morgan fingerprint density at radius 3 is 2.43 bits per heavy atom. The van der Waals surface area contributed by atoms with Crippen LogP contribution in [-0.2, 0) is 4.74 Å². The molecular weight excluding hydrogens is 272 g/mol. The number of aromatic hydroxyl groups is 1. The standard InChI is InChI=1S/C16H16O5/c1-7-16(2,3)12-13(18)8-5-10(17)11(20-4)6-9(8)14(19)15(12)21-7/h5-7,17H,1-4H3/t7-/m1/s1. The molecule has 1 heterocycles. The third kappa shape index (κ3) is 1.63. The van der Waals surface area contributed by atoms with E-state index in [0.29, 0.717) is 5.57 Å². The molecule has 1 aromatic rings. The van der Waals surface area contributed by atoms with Crippen molar-refractivity contribution < 1.29 is 24.2 Å². The number of ketones is 2. The number of methoxy groups -OCH3 is 1. The second-order valence-electron chi connectivity index (χ2n) is 5.91. The van der Waals surface area contributed by atoms with Gasteiger partial charge in [0.05, 0.1) is 12.7 Å². The molecule has 1 aromatic carbocycles. The third-order valence-electron chi connectivity index (χ3n) is 4.42. The minimum absolute atomic E-state index is 0.123. The number of benzene rings is 1. The van der Waals surface area contributed by atoms with Crippen LogP contribution in [0.25, 0.3) is 0 Å². The highest BCUT2D eigenvalue weighted by molar-refractivity contribution is 6.27. The van der Waals surface area contributed by atoms with Gasteiger partial charge < -0.3 is 14.6 Å². The molecule has 0 aromatic heterocycles. The summed E-state index contributed by atoms with van der Waals surface area (Å²) in [5.74, 6) is -0.490. The molecule has 21 heavy (non-hydrogen) atoms. The number of phenols is 1. The first-order valence-corrected chi connectivity index (χ1v) is 6.70. The first-order valence-electron chi connectivity index (χ1n) is 6.70. The summed E-state index contributed by atoms with van der Waals surface area (Å²) in [4.78, 5) is 25.3. The van der Waals surface area contributed by atoms with Crippen molar-refractivity contribution >= 4 is 11.6 Å². The summed E-state index contributed by atoms with van der Waals surface area (Å²) in [6.45, 7) is 5.58. The van der Waals surface area contributed by atoms with E-state index in [2.05, 4.69) is 0 Å². The normalized spacial score (nSPS) is 22.8. The van der Waals surface area contributed by atoms with Gasteiger partial charge in [-0.1, -0.05) is 13.8 Å². The Morgan fingerprint density at radius 1 is 1.19 bits per heavy atom. The SMILES string of the molecule is COc1cc2c(cc1O)C(=O)C1=C(O[C@H](C)C1(C)C)C2=O. The summed E-state index contributed by atoms with van der Waals surface area (Å²) in [6, 6.07) is 2.67. The van der Waals surface area contributed by atoms with Gasteiger partial charge in [0.1, 0.15) is 6.10 Å². The lowest BCUT2D eigenvalue weighted by Crippen LogP contribution is -2.29. The zero-order valence-corrected chi connectivity index (χ0v) is 12.3. The van der Waals surface area contributed by atoms with Gasteiger partial charge in [0.25, 0.3) is 0 Å². The predicted molar refractivity (Wildman–Crippen MR) is 74.7 cm³/mol. The van der Waals surface area contributed by atoms with Crippen molar-refractivity contribution in [2.24, 2.45) is 5.41 Å². The van der Waals surface area contributed by atoms with Gasteiger partial charge in [-0.05, 0) is 19.1 Å². The van der Waals surface area contributed by atoms with Crippen LogP contribution in [0.5, 0.6) is 11.5 Å². The molecule has 5 heteroatoms. The lowest BCUT2D eigenvalue weighted by molar-refractivity contribution is 0.0722. The fraction of sp³-hybridized carbons (Fsp3) is 0.375. The highest BCUT2D eigenvalue weighted by Gasteiger charge is 2.50. The number of rotatable bonds is 1. The number of hydrogen-bond donors (Lipinski definition) is 1. The summed E-state index contributed by atoms with van der Waals surface area (Å²) in [6.07, 6.45) is -0.264. The second kappa shape index (κ2) is 4.10. The Labute approximate surface area is 122 Å². The second-order valence-corrected chi connectivity index (χ2v) is 5.91. The molecular formula is C16H16O5. The maximum absolute atomic E-state index is 12.7. The van der Waals surface area contributed by atoms with Crippen molar-refractivity contribution in [1.29, 1.82) is 0 Å². The van der Waals surface area contributed by atoms with Gasteiger partial charge in [0, 0.05) is 16.5 Å². The minimum Gasteiger partial charge on any atom is -0.504 e. The molecule has 110 valence electrons. The number of fused-ring (bicyclic) bond motifs is 1. The van der Waals surface area contributed by atoms with Crippen molar-refractivity contribution in [1.82, 2.24) is 0 Å². The molecule has 1 N–H and O–H groups in total. The summed E-state index contributed by atoms with van der Waals surface area (Å²) < 4.78 is 10.6. The van der Waals surface area contributed by atoms with Crippen molar-refractivity contribution in [3.63, 3.8) is 0 Å². The van der Waals surface area contributed by atoms with Crippen LogP contribution in [0.15, 0.2) is 23.5 Å². The van der Waals surface area contributed by atoms with Crippen LogP contribution in [0, 0.1) is 5.41 Å². The van der Waals surface area contributed by atoms with Crippen molar-refractivity contribution in [3.8, 4) is 11.5 Å². The molecule has 1 aliphatic carbocycles. The van der Waals surface area contributed by atoms with Gasteiger partial charge in [-0.2, -0.15) is 0 Å². The first kappa shape index (κ1) is 13.7. The molecule has 0 unspecified atom stereocenters. The molecule has 0 saturated carbocycles. The van der Waals surface area contributed by atoms with Crippen molar-refractivity contribution in [3.05, 3.63) is 34.6 Å². The summed E-state index contributed by atoms with van der Waals surface area (Å²) in [7, 11) is 1.39. The van der Waals surface area contributed by atoms with Crippen LogP contribution in [-0.4, -0.2) is 29.9 Å². The van der Waals surface area contributed by atoms with Gasteiger partial charge in [-0.15, -0.1) is 0 Å². The molecule has 0 radical (unpaired) electrons. The molecule has 5 nitrogen and oxygen atoms in total. The van der Waals surface area contributed by atoms with E-state index in [-0.39, 0.29) is 46.1 Å². The molecule has 1 atom stereocenters. The van der Waals surface area contributed by atoms with E-state index in [0.717, 1.165) is 0 Å². The molecule has 0 spiro atoms. The fourth-order valence-corrected chi connectivity index (χ4v) is 2.81. The number of allylic oxidation sites excluding steroid dienone is 1. The minimum atomic E-state index is -0.546. The van der Waals surface area contributed by atoms with Gasteiger partial charge in [0.15, 0.2) is 23.0 Å². The van der Waals surface area contributed by atoms with Gasteiger partial charge in [-0.3, -0.25) is 9.59 Å². The van der Waals surface area contributed by atoms with E-state index in [9.17, 15) is 14.7 Å². The van der Waals surface area contributed by atoms with E-state index in [1.165, 1.54) is 19.2 Å². The van der Waals surface area contributed by atoms with E-state index >= 15 is 0 Å². The number of hydrogen-bond acceptors (Lipinski definition) is 5. The lowest BCUT2D eigenvalue weighted by Gasteiger charge is -2.25. The number of Topliss-reactive ketones (excluding diaryl/α,β-unsaturated/α-hetero) is 2. The van der Waals surface area contributed by atoms with E-state index in [1.54, 1.807) is 0 Å². The van der Waals surface area contributed by atoms with Crippen LogP contribution in [0.1, 0.15) is 41.5 Å². The quantitative estimate of drug-likeness (QED) is 0.859. The van der Waals surface area contributed by atoms with Gasteiger partial charge in [0.2, 0.25) is 5.78 Å². The molecule has 3 rings (SSSR count). The van der Waals surface area contributed by atoms with Crippen LogP contribution < -0.4 is 4.74 Å². The molecule has 0 bridgehead atoms. The van der Waals surface area contributed by atoms with Gasteiger partial charge >= 0.3 is 0 Å². The Hall–Kier alpha value is -2.30.